The number of piperidine rings is 1. The molecule has 3 aromatic rings. The molecule has 1 fully saturated rings. The van der Waals surface area contributed by atoms with Crippen LogP contribution in [0.2, 0.25) is 5.02 Å². The fourth-order valence-electron chi connectivity index (χ4n) is 3.84. The second-order valence-corrected chi connectivity index (χ2v) is 10.7. The summed E-state index contributed by atoms with van der Waals surface area (Å²) in [5.74, 6) is 0. The molecule has 3 heterocycles. The van der Waals surface area contributed by atoms with Crippen LogP contribution in [0.4, 0.5) is 0 Å². The molecular formula is C21H24ClN3O2S2. The number of thiazole rings is 1. The zero-order chi connectivity index (χ0) is 20.8. The Balaban J connectivity index is 1.71. The summed E-state index contributed by atoms with van der Waals surface area (Å²) in [6, 6.07) is 9.36. The predicted molar refractivity (Wildman–Crippen MR) is 119 cm³/mol. The molecule has 1 aliphatic rings. The number of halogens is 1. The molecule has 1 aromatic carbocycles. The highest BCUT2D eigenvalue weighted by Gasteiger charge is 2.34. The third kappa shape index (κ3) is 3.77. The van der Waals surface area contributed by atoms with Crippen LogP contribution in [0, 0.1) is 6.92 Å². The van der Waals surface area contributed by atoms with E-state index in [0.717, 1.165) is 46.9 Å². The van der Waals surface area contributed by atoms with Gasteiger partial charge in [-0.25, -0.2) is 13.4 Å². The largest absolute Gasteiger partial charge is 0.345 e. The van der Waals surface area contributed by atoms with E-state index in [1.807, 2.05) is 55.1 Å². The SMILES string of the molecule is Cc1c(S(=O)(=O)N2CCCC[C@@H]2C)cc(-c2nc(-c3ccc(Cl)cc3)cs2)n1C. The topological polar surface area (TPSA) is 55.2 Å². The molecule has 0 radical (unpaired) electrons. The number of sulfonamides is 1. The molecule has 0 amide bonds. The van der Waals surface area contributed by atoms with Crippen LogP contribution in [-0.4, -0.2) is 34.9 Å². The van der Waals surface area contributed by atoms with E-state index in [1.165, 1.54) is 11.3 Å². The Morgan fingerprint density at radius 2 is 1.93 bits per heavy atom. The molecule has 5 nitrogen and oxygen atoms in total. The fourth-order valence-corrected chi connectivity index (χ4v) is 6.82. The average Bonchev–Trinajstić information content (AvgIpc) is 3.28. The number of benzene rings is 1. The van der Waals surface area contributed by atoms with E-state index in [1.54, 1.807) is 10.4 Å². The lowest BCUT2D eigenvalue weighted by atomic mass is 10.1. The molecule has 0 unspecified atom stereocenters. The highest BCUT2D eigenvalue weighted by molar-refractivity contribution is 7.89. The third-order valence-corrected chi connectivity index (χ3v) is 8.93. The van der Waals surface area contributed by atoms with Crippen LogP contribution in [-0.2, 0) is 17.1 Å². The predicted octanol–water partition coefficient (Wildman–Crippen LogP) is 5.34. The summed E-state index contributed by atoms with van der Waals surface area (Å²) in [6.45, 7) is 4.44. The first kappa shape index (κ1) is 20.6. The van der Waals surface area contributed by atoms with E-state index in [-0.39, 0.29) is 6.04 Å². The van der Waals surface area contributed by atoms with E-state index < -0.39 is 10.0 Å². The minimum absolute atomic E-state index is 0.0353. The van der Waals surface area contributed by atoms with Crippen LogP contribution >= 0.6 is 22.9 Å². The van der Waals surface area contributed by atoms with Crippen LogP contribution in [0.5, 0.6) is 0 Å². The lowest BCUT2D eigenvalue weighted by molar-refractivity contribution is 0.268. The number of hydrogen-bond acceptors (Lipinski definition) is 4. The number of hydrogen-bond donors (Lipinski definition) is 0. The van der Waals surface area contributed by atoms with Crippen LogP contribution in [0.25, 0.3) is 22.0 Å². The third-order valence-electron chi connectivity index (χ3n) is 5.68. The van der Waals surface area contributed by atoms with Crippen molar-refractivity contribution in [2.75, 3.05) is 6.54 Å². The van der Waals surface area contributed by atoms with E-state index in [4.69, 9.17) is 16.6 Å². The van der Waals surface area contributed by atoms with Gasteiger partial charge in [0.15, 0.2) is 0 Å². The van der Waals surface area contributed by atoms with Gasteiger partial charge in [0.1, 0.15) is 9.90 Å². The Morgan fingerprint density at radius 1 is 1.21 bits per heavy atom. The molecule has 0 aliphatic carbocycles. The van der Waals surface area contributed by atoms with E-state index >= 15 is 0 Å². The Bertz CT molecular complexity index is 1130. The summed E-state index contributed by atoms with van der Waals surface area (Å²) in [5.41, 5.74) is 3.39. The van der Waals surface area contributed by atoms with E-state index in [2.05, 4.69) is 0 Å². The van der Waals surface area contributed by atoms with Crippen LogP contribution in [0.15, 0.2) is 40.6 Å². The Kier molecular flexibility index (Phi) is 5.59. The monoisotopic (exact) mass is 449 g/mol. The molecule has 29 heavy (non-hydrogen) atoms. The lowest BCUT2D eigenvalue weighted by Gasteiger charge is -2.32. The molecule has 1 aliphatic heterocycles. The zero-order valence-corrected chi connectivity index (χ0v) is 19.1. The first-order valence-corrected chi connectivity index (χ1v) is 12.4. The maximum atomic E-state index is 13.4. The highest BCUT2D eigenvalue weighted by atomic mass is 35.5. The summed E-state index contributed by atoms with van der Waals surface area (Å²) in [7, 11) is -1.63. The maximum absolute atomic E-state index is 13.4. The first-order valence-electron chi connectivity index (χ1n) is 9.69. The van der Waals surface area contributed by atoms with Gasteiger partial charge >= 0.3 is 0 Å². The van der Waals surface area contributed by atoms with Gasteiger partial charge in [-0.3, -0.25) is 0 Å². The molecule has 2 aromatic heterocycles. The molecule has 8 heteroatoms. The van der Waals surface area contributed by atoms with Gasteiger partial charge in [-0.15, -0.1) is 11.3 Å². The fraction of sp³-hybridized carbons (Fsp3) is 0.381. The van der Waals surface area contributed by atoms with Gasteiger partial charge in [-0.2, -0.15) is 4.31 Å². The number of rotatable bonds is 4. The molecule has 0 saturated carbocycles. The molecule has 4 rings (SSSR count). The van der Waals surface area contributed by atoms with Gasteiger partial charge < -0.3 is 4.57 Å². The number of nitrogens with zero attached hydrogens (tertiary/aromatic N) is 3. The van der Waals surface area contributed by atoms with Crippen molar-refractivity contribution in [2.24, 2.45) is 7.05 Å². The van der Waals surface area contributed by atoms with Crippen molar-refractivity contribution >= 4 is 33.0 Å². The van der Waals surface area contributed by atoms with Gasteiger partial charge in [-0.1, -0.05) is 30.2 Å². The zero-order valence-electron chi connectivity index (χ0n) is 16.7. The van der Waals surface area contributed by atoms with Gasteiger partial charge in [0.05, 0.1) is 11.4 Å². The van der Waals surface area contributed by atoms with Crippen molar-refractivity contribution in [1.29, 1.82) is 0 Å². The molecule has 154 valence electrons. The number of aromatic nitrogens is 2. The molecule has 0 spiro atoms. The minimum atomic E-state index is -3.53. The molecule has 0 N–H and O–H groups in total. The van der Waals surface area contributed by atoms with Crippen molar-refractivity contribution in [2.45, 2.75) is 44.0 Å². The van der Waals surface area contributed by atoms with Crippen molar-refractivity contribution in [3.05, 3.63) is 46.4 Å². The first-order chi connectivity index (χ1) is 13.8. The smallest absolute Gasteiger partial charge is 0.245 e. The molecule has 1 saturated heterocycles. The van der Waals surface area contributed by atoms with Crippen molar-refractivity contribution in [3.63, 3.8) is 0 Å². The standard InChI is InChI=1S/C21H24ClN3O2S2/c1-14-6-4-5-11-25(14)29(26,27)20-12-19(24(3)15(20)2)21-23-18(13-28-21)16-7-9-17(22)10-8-16/h7-10,12-14H,4-6,11H2,1-3H3/t14-/m0/s1. The Labute approximate surface area is 181 Å². The van der Waals surface area contributed by atoms with E-state index in [0.29, 0.717) is 16.5 Å². The second kappa shape index (κ2) is 7.87. The van der Waals surface area contributed by atoms with Crippen LogP contribution in [0.3, 0.4) is 0 Å². The molecule has 1 atom stereocenters. The normalized spacial score (nSPS) is 18.3. The molecular weight excluding hydrogens is 426 g/mol. The van der Waals surface area contributed by atoms with Gasteiger partial charge in [0.25, 0.3) is 0 Å². The van der Waals surface area contributed by atoms with Crippen molar-refractivity contribution < 1.29 is 8.42 Å². The van der Waals surface area contributed by atoms with Crippen molar-refractivity contribution in [1.82, 2.24) is 13.9 Å². The van der Waals surface area contributed by atoms with Gasteiger partial charge in [0.2, 0.25) is 10.0 Å². The summed E-state index contributed by atoms with van der Waals surface area (Å²) >= 11 is 7.49. The van der Waals surface area contributed by atoms with Crippen LogP contribution in [0.1, 0.15) is 31.9 Å². The quantitative estimate of drug-likeness (QED) is 0.540. The Morgan fingerprint density at radius 3 is 2.62 bits per heavy atom. The summed E-state index contributed by atoms with van der Waals surface area (Å²) in [5, 5.41) is 3.47. The summed E-state index contributed by atoms with van der Waals surface area (Å²) in [4.78, 5) is 5.13. The highest BCUT2D eigenvalue weighted by Crippen LogP contribution is 2.35. The average molecular weight is 450 g/mol. The second-order valence-electron chi connectivity index (χ2n) is 7.54. The maximum Gasteiger partial charge on any atom is 0.245 e. The van der Waals surface area contributed by atoms with Crippen molar-refractivity contribution in [3.8, 4) is 22.0 Å². The lowest BCUT2D eigenvalue weighted by Crippen LogP contribution is -2.42. The van der Waals surface area contributed by atoms with Crippen LogP contribution < -0.4 is 0 Å². The summed E-state index contributed by atoms with van der Waals surface area (Å²) in [6.07, 6.45) is 2.91. The summed E-state index contributed by atoms with van der Waals surface area (Å²) < 4.78 is 30.3. The minimum Gasteiger partial charge on any atom is -0.345 e. The molecule has 0 bridgehead atoms. The van der Waals surface area contributed by atoms with Gasteiger partial charge in [-0.05, 0) is 44.9 Å². The van der Waals surface area contributed by atoms with Gasteiger partial charge in [0, 0.05) is 41.3 Å². The Hall–Kier alpha value is -1.67. The van der Waals surface area contributed by atoms with E-state index in [9.17, 15) is 8.42 Å².